The Morgan fingerprint density at radius 1 is 1.25 bits per heavy atom. The van der Waals surface area contributed by atoms with Crippen molar-refractivity contribution in [3.8, 4) is 5.75 Å². The summed E-state index contributed by atoms with van der Waals surface area (Å²) in [6.45, 7) is 6.19. The zero-order valence-corrected chi connectivity index (χ0v) is 12.8. The standard InChI is InChI=1S/C19H28O/c1-3-5-10-16-17(11-9-12-18(16)20)19(13-4-2)14-7-6-8-15-19/h4,9,11-12,20H,2-3,5-8,10,13-15H2,1H3. The molecule has 110 valence electrons. The van der Waals surface area contributed by atoms with E-state index in [-0.39, 0.29) is 5.41 Å². The Hall–Kier alpha value is -1.24. The lowest BCUT2D eigenvalue weighted by molar-refractivity contribution is 0.291. The van der Waals surface area contributed by atoms with E-state index in [4.69, 9.17) is 0 Å². The zero-order chi connectivity index (χ0) is 14.4. The summed E-state index contributed by atoms with van der Waals surface area (Å²) in [5, 5.41) is 10.3. The van der Waals surface area contributed by atoms with Crippen LogP contribution in [0.25, 0.3) is 0 Å². The van der Waals surface area contributed by atoms with Gasteiger partial charge in [-0.1, -0.05) is 50.8 Å². The highest BCUT2D eigenvalue weighted by atomic mass is 16.3. The average Bonchev–Trinajstić information content (AvgIpc) is 2.47. The van der Waals surface area contributed by atoms with Crippen LogP contribution in [0.2, 0.25) is 0 Å². The molecule has 1 aliphatic carbocycles. The quantitative estimate of drug-likeness (QED) is 0.677. The molecular weight excluding hydrogens is 244 g/mol. The maximum Gasteiger partial charge on any atom is 0.119 e. The monoisotopic (exact) mass is 272 g/mol. The first-order valence-electron chi connectivity index (χ1n) is 8.16. The average molecular weight is 272 g/mol. The van der Waals surface area contributed by atoms with Crippen molar-refractivity contribution in [1.82, 2.24) is 0 Å². The molecule has 0 bridgehead atoms. The van der Waals surface area contributed by atoms with Gasteiger partial charge in [0.25, 0.3) is 0 Å². The van der Waals surface area contributed by atoms with E-state index < -0.39 is 0 Å². The largest absolute Gasteiger partial charge is 0.508 e. The summed E-state index contributed by atoms with van der Waals surface area (Å²) in [4.78, 5) is 0. The first-order chi connectivity index (χ1) is 9.73. The van der Waals surface area contributed by atoms with Gasteiger partial charge in [-0.05, 0) is 54.7 Å². The fraction of sp³-hybridized carbons (Fsp3) is 0.579. The van der Waals surface area contributed by atoms with Gasteiger partial charge in [-0.3, -0.25) is 0 Å². The molecule has 1 saturated carbocycles. The third kappa shape index (κ3) is 3.08. The Balaban J connectivity index is 2.41. The lowest BCUT2D eigenvalue weighted by Gasteiger charge is -2.39. The van der Waals surface area contributed by atoms with Crippen LogP contribution in [0.5, 0.6) is 5.75 Å². The molecule has 1 aromatic rings. The molecular formula is C19H28O. The minimum absolute atomic E-state index is 0.224. The second-order valence-corrected chi connectivity index (χ2v) is 6.24. The SMILES string of the molecule is C=CCC1(c2cccc(O)c2CCCC)CCCCC1. The summed E-state index contributed by atoms with van der Waals surface area (Å²) in [6.07, 6.45) is 12.8. The highest BCUT2D eigenvalue weighted by Crippen LogP contribution is 2.45. The van der Waals surface area contributed by atoms with E-state index >= 15 is 0 Å². The molecule has 0 atom stereocenters. The Kier molecular flexibility index (Phi) is 5.28. The fourth-order valence-corrected chi connectivity index (χ4v) is 3.78. The fourth-order valence-electron chi connectivity index (χ4n) is 3.78. The molecule has 0 unspecified atom stereocenters. The zero-order valence-electron chi connectivity index (χ0n) is 12.8. The molecule has 0 aromatic heterocycles. The van der Waals surface area contributed by atoms with Crippen LogP contribution in [0, 0.1) is 0 Å². The first kappa shape index (κ1) is 15.2. The summed E-state index contributed by atoms with van der Waals surface area (Å²) in [7, 11) is 0. The van der Waals surface area contributed by atoms with Gasteiger partial charge in [0.2, 0.25) is 0 Å². The van der Waals surface area contributed by atoms with E-state index in [1.54, 1.807) is 0 Å². The van der Waals surface area contributed by atoms with Gasteiger partial charge < -0.3 is 5.11 Å². The Morgan fingerprint density at radius 3 is 2.65 bits per heavy atom. The van der Waals surface area contributed by atoms with Gasteiger partial charge in [0.1, 0.15) is 5.75 Å². The van der Waals surface area contributed by atoms with Gasteiger partial charge >= 0.3 is 0 Å². The minimum Gasteiger partial charge on any atom is -0.508 e. The van der Waals surface area contributed by atoms with Crippen LogP contribution in [0.4, 0.5) is 0 Å². The van der Waals surface area contributed by atoms with Crippen LogP contribution in [0.3, 0.4) is 0 Å². The normalized spacial score (nSPS) is 17.9. The first-order valence-corrected chi connectivity index (χ1v) is 8.16. The molecule has 0 aliphatic heterocycles. The minimum atomic E-state index is 0.224. The Morgan fingerprint density at radius 2 is 2.00 bits per heavy atom. The van der Waals surface area contributed by atoms with Crippen molar-refractivity contribution >= 4 is 0 Å². The Bertz CT molecular complexity index is 441. The highest BCUT2D eigenvalue weighted by Gasteiger charge is 2.34. The molecule has 1 nitrogen and oxygen atoms in total. The third-order valence-corrected chi connectivity index (χ3v) is 4.85. The summed E-state index contributed by atoms with van der Waals surface area (Å²) in [6, 6.07) is 6.11. The van der Waals surface area contributed by atoms with Crippen LogP contribution in [0.15, 0.2) is 30.9 Å². The van der Waals surface area contributed by atoms with Gasteiger partial charge in [0, 0.05) is 0 Å². The maximum absolute atomic E-state index is 10.3. The van der Waals surface area contributed by atoms with Crippen molar-refractivity contribution in [2.75, 3.05) is 0 Å². The number of aromatic hydroxyl groups is 1. The number of hydrogen-bond acceptors (Lipinski definition) is 1. The highest BCUT2D eigenvalue weighted by molar-refractivity contribution is 5.44. The van der Waals surface area contributed by atoms with Gasteiger partial charge in [-0.2, -0.15) is 0 Å². The maximum atomic E-state index is 10.3. The second kappa shape index (κ2) is 6.97. The van der Waals surface area contributed by atoms with Gasteiger partial charge in [-0.25, -0.2) is 0 Å². The number of rotatable bonds is 6. The molecule has 1 aliphatic rings. The van der Waals surface area contributed by atoms with E-state index in [2.05, 4.69) is 25.6 Å². The van der Waals surface area contributed by atoms with Crippen LogP contribution in [-0.2, 0) is 11.8 Å². The van der Waals surface area contributed by atoms with Crippen molar-refractivity contribution in [3.63, 3.8) is 0 Å². The predicted molar refractivity (Wildman–Crippen MR) is 86.3 cm³/mol. The van der Waals surface area contributed by atoms with E-state index in [9.17, 15) is 5.11 Å². The molecule has 0 amide bonds. The van der Waals surface area contributed by atoms with Gasteiger partial charge in [0.15, 0.2) is 0 Å². The van der Waals surface area contributed by atoms with E-state index in [0.29, 0.717) is 5.75 Å². The van der Waals surface area contributed by atoms with Gasteiger partial charge in [-0.15, -0.1) is 6.58 Å². The summed E-state index contributed by atoms with van der Waals surface area (Å²) < 4.78 is 0. The molecule has 1 fully saturated rings. The number of hydrogen-bond donors (Lipinski definition) is 1. The van der Waals surface area contributed by atoms with E-state index in [1.807, 2.05) is 12.1 Å². The van der Waals surface area contributed by atoms with Crippen LogP contribution < -0.4 is 0 Å². The molecule has 20 heavy (non-hydrogen) atoms. The van der Waals surface area contributed by atoms with Gasteiger partial charge in [0.05, 0.1) is 0 Å². The van der Waals surface area contributed by atoms with E-state index in [1.165, 1.54) is 49.7 Å². The van der Waals surface area contributed by atoms with Crippen molar-refractivity contribution in [3.05, 3.63) is 42.0 Å². The lowest BCUT2D eigenvalue weighted by atomic mass is 9.66. The number of phenolic OH excluding ortho intramolecular Hbond substituents is 1. The van der Waals surface area contributed by atoms with Crippen molar-refractivity contribution in [1.29, 1.82) is 0 Å². The topological polar surface area (TPSA) is 20.2 Å². The Labute approximate surface area is 123 Å². The second-order valence-electron chi connectivity index (χ2n) is 6.24. The molecule has 1 aromatic carbocycles. The summed E-state index contributed by atoms with van der Waals surface area (Å²) >= 11 is 0. The van der Waals surface area contributed by atoms with Crippen molar-refractivity contribution < 1.29 is 5.11 Å². The number of benzene rings is 1. The van der Waals surface area contributed by atoms with Crippen molar-refractivity contribution in [2.24, 2.45) is 0 Å². The molecule has 0 radical (unpaired) electrons. The molecule has 1 N–H and O–H groups in total. The summed E-state index contributed by atoms with van der Waals surface area (Å²) in [5.74, 6) is 0.491. The predicted octanol–water partition coefficient (Wildman–Crippen LogP) is 5.51. The van der Waals surface area contributed by atoms with Crippen LogP contribution in [-0.4, -0.2) is 5.11 Å². The number of allylic oxidation sites excluding steroid dienone is 1. The molecule has 0 saturated heterocycles. The smallest absolute Gasteiger partial charge is 0.119 e. The lowest BCUT2D eigenvalue weighted by Crippen LogP contribution is -2.29. The summed E-state index contributed by atoms with van der Waals surface area (Å²) in [5.41, 5.74) is 2.81. The van der Waals surface area contributed by atoms with Crippen LogP contribution in [0.1, 0.15) is 69.4 Å². The van der Waals surface area contributed by atoms with Crippen LogP contribution >= 0.6 is 0 Å². The molecule has 2 rings (SSSR count). The third-order valence-electron chi connectivity index (χ3n) is 4.85. The molecule has 1 heteroatoms. The van der Waals surface area contributed by atoms with Crippen molar-refractivity contribution in [2.45, 2.75) is 70.1 Å². The van der Waals surface area contributed by atoms with E-state index in [0.717, 1.165) is 19.3 Å². The number of unbranched alkanes of at least 4 members (excludes halogenated alkanes) is 1. The molecule has 0 heterocycles. The molecule has 0 spiro atoms. The number of phenols is 1.